The summed E-state index contributed by atoms with van der Waals surface area (Å²) in [5.41, 5.74) is 2.28. The highest BCUT2D eigenvalue weighted by molar-refractivity contribution is 5.92. The number of aromatic amines is 1. The largest absolute Gasteiger partial charge is 0.339 e. The van der Waals surface area contributed by atoms with E-state index in [1.54, 1.807) is 12.4 Å². The summed E-state index contributed by atoms with van der Waals surface area (Å²) in [7, 11) is 0. The first kappa shape index (κ1) is 17.4. The lowest BCUT2D eigenvalue weighted by atomic mass is 9.97. The number of carbonyl (C=O) groups is 1. The molecule has 0 bridgehead atoms. The van der Waals surface area contributed by atoms with Crippen LogP contribution in [0.1, 0.15) is 54.2 Å². The zero-order chi connectivity index (χ0) is 18.6. The topological polar surface area (TPSA) is 101 Å². The Morgan fingerprint density at radius 1 is 1.44 bits per heavy atom. The molecule has 3 aromatic rings. The molecule has 1 aliphatic heterocycles. The van der Waals surface area contributed by atoms with Crippen molar-refractivity contribution in [1.29, 1.82) is 0 Å². The Hall–Kier alpha value is -3.03. The van der Waals surface area contributed by atoms with Gasteiger partial charge in [-0.25, -0.2) is 0 Å². The number of aryl methyl sites for hydroxylation is 1. The zero-order valence-corrected chi connectivity index (χ0v) is 15.3. The fourth-order valence-corrected chi connectivity index (χ4v) is 3.41. The summed E-state index contributed by atoms with van der Waals surface area (Å²) in [6, 6.07) is 5.58. The van der Waals surface area contributed by atoms with Gasteiger partial charge in [-0.05, 0) is 37.5 Å². The lowest BCUT2D eigenvalue weighted by molar-refractivity contribution is 0.0689. The Balaban J connectivity index is 1.46. The molecule has 0 saturated carbocycles. The van der Waals surface area contributed by atoms with Crippen LogP contribution in [0.5, 0.6) is 0 Å². The molecule has 1 fully saturated rings. The Bertz CT molecular complexity index is 904. The van der Waals surface area contributed by atoms with Gasteiger partial charge in [0, 0.05) is 36.7 Å². The van der Waals surface area contributed by atoms with Crippen LogP contribution >= 0.6 is 0 Å². The molecule has 0 aliphatic carbocycles. The maximum Gasteiger partial charge on any atom is 0.274 e. The van der Waals surface area contributed by atoms with Crippen LogP contribution in [0.3, 0.4) is 0 Å². The molecular weight excluding hydrogens is 344 g/mol. The van der Waals surface area contributed by atoms with Crippen LogP contribution < -0.4 is 0 Å². The van der Waals surface area contributed by atoms with Gasteiger partial charge in [0.1, 0.15) is 5.69 Å². The number of likely N-dealkylation sites (tertiary alicyclic amines) is 1. The quantitative estimate of drug-likeness (QED) is 0.745. The van der Waals surface area contributed by atoms with Crippen LogP contribution in [0.15, 0.2) is 35.1 Å². The average Bonchev–Trinajstić information content (AvgIpc) is 3.39. The van der Waals surface area contributed by atoms with Crippen LogP contribution in [0, 0.1) is 0 Å². The molecule has 1 N–H and O–H groups in total. The molecule has 8 nitrogen and oxygen atoms in total. The summed E-state index contributed by atoms with van der Waals surface area (Å²) in [5, 5.41) is 11.2. The van der Waals surface area contributed by atoms with Crippen molar-refractivity contribution in [3.63, 3.8) is 0 Å². The van der Waals surface area contributed by atoms with E-state index in [9.17, 15) is 4.79 Å². The Morgan fingerprint density at radius 3 is 3.19 bits per heavy atom. The minimum absolute atomic E-state index is 0.0367. The first-order chi connectivity index (χ1) is 13.2. The number of aromatic nitrogens is 5. The Labute approximate surface area is 157 Å². The van der Waals surface area contributed by atoms with E-state index in [-0.39, 0.29) is 11.8 Å². The van der Waals surface area contributed by atoms with Crippen LogP contribution in [-0.4, -0.2) is 49.2 Å². The second-order valence-electron chi connectivity index (χ2n) is 6.82. The number of pyridine rings is 1. The van der Waals surface area contributed by atoms with Gasteiger partial charge >= 0.3 is 0 Å². The Morgan fingerprint density at radius 2 is 2.37 bits per heavy atom. The predicted molar refractivity (Wildman–Crippen MR) is 98.0 cm³/mol. The van der Waals surface area contributed by atoms with E-state index in [1.165, 1.54) is 0 Å². The van der Waals surface area contributed by atoms with Crippen LogP contribution in [0.25, 0.3) is 11.4 Å². The highest BCUT2D eigenvalue weighted by Gasteiger charge is 2.30. The second-order valence-corrected chi connectivity index (χ2v) is 6.82. The fourth-order valence-electron chi connectivity index (χ4n) is 3.41. The molecule has 27 heavy (non-hydrogen) atoms. The molecule has 1 atom stereocenters. The number of hydrogen-bond donors (Lipinski definition) is 1. The number of piperidine rings is 1. The Kier molecular flexibility index (Phi) is 4.95. The number of hydrogen-bond acceptors (Lipinski definition) is 6. The summed E-state index contributed by atoms with van der Waals surface area (Å²) in [5.74, 6) is 1.08. The summed E-state index contributed by atoms with van der Waals surface area (Å²) >= 11 is 0. The first-order valence-corrected chi connectivity index (χ1v) is 9.32. The lowest BCUT2D eigenvalue weighted by Gasteiger charge is -2.30. The number of amides is 1. The minimum atomic E-state index is -0.0506. The van der Waals surface area contributed by atoms with Crippen LogP contribution in [0.2, 0.25) is 0 Å². The number of nitrogens with one attached hydrogen (secondary N) is 1. The van der Waals surface area contributed by atoms with E-state index >= 15 is 0 Å². The van der Waals surface area contributed by atoms with Crippen molar-refractivity contribution in [3.8, 4) is 11.4 Å². The van der Waals surface area contributed by atoms with E-state index in [4.69, 9.17) is 4.52 Å². The van der Waals surface area contributed by atoms with Crippen molar-refractivity contribution >= 4 is 5.91 Å². The van der Waals surface area contributed by atoms with Crippen molar-refractivity contribution in [1.82, 2.24) is 30.2 Å². The number of nitrogens with zero attached hydrogens (tertiary/aromatic N) is 5. The van der Waals surface area contributed by atoms with Gasteiger partial charge in [0.2, 0.25) is 11.7 Å². The van der Waals surface area contributed by atoms with E-state index in [0.29, 0.717) is 24.0 Å². The molecular formula is C19H22N6O2. The van der Waals surface area contributed by atoms with Crippen molar-refractivity contribution in [3.05, 3.63) is 47.9 Å². The molecule has 0 radical (unpaired) electrons. The van der Waals surface area contributed by atoms with Gasteiger partial charge < -0.3 is 9.42 Å². The van der Waals surface area contributed by atoms with E-state index in [2.05, 4.69) is 32.2 Å². The maximum atomic E-state index is 12.8. The zero-order valence-electron chi connectivity index (χ0n) is 15.3. The van der Waals surface area contributed by atoms with Crippen molar-refractivity contribution in [2.45, 2.75) is 38.5 Å². The third-order valence-electron chi connectivity index (χ3n) is 4.79. The van der Waals surface area contributed by atoms with Crippen LogP contribution in [-0.2, 0) is 6.42 Å². The normalized spacial score (nSPS) is 17.2. The molecule has 1 amide bonds. The summed E-state index contributed by atoms with van der Waals surface area (Å²) < 4.78 is 5.48. The summed E-state index contributed by atoms with van der Waals surface area (Å²) in [6.07, 6.45) is 7.13. The van der Waals surface area contributed by atoms with Gasteiger partial charge in [-0.15, -0.1) is 0 Å². The first-order valence-electron chi connectivity index (χ1n) is 9.32. The molecule has 8 heteroatoms. The minimum Gasteiger partial charge on any atom is -0.339 e. The van der Waals surface area contributed by atoms with Crippen molar-refractivity contribution < 1.29 is 9.32 Å². The molecule has 140 valence electrons. The number of rotatable bonds is 5. The van der Waals surface area contributed by atoms with Gasteiger partial charge in [0.25, 0.3) is 5.91 Å². The molecule has 4 heterocycles. The molecule has 0 spiro atoms. The predicted octanol–water partition coefficient (Wildman–Crippen LogP) is 2.83. The van der Waals surface area contributed by atoms with Crippen molar-refractivity contribution in [2.75, 3.05) is 13.1 Å². The van der Waals surface area contributed by atoms with E-state index in [0.717, 1.165) is 43.5 Å². The molecule has 0 aromatic carbocycles. The van der Waals surface area contributed by atoms with Gasteiger partial charge in [-0.3, -0.25) is 14.9 Å². The standard InChI is InChI=1S/C19H22N6O2/c1-2-5-15-10-16(23-22-15)19(26)25-9-4-7-14(12-25)18-21-17(24-27-18)13-6-3-8-20-11-13/h3,6,8,10-11,14H,2,4-5,7,9,12H2,1H3,(H,22,23). The van der Waals surface area contributed by atoms with Gasteiger partial charge in [-0.2, -0.15) is 10.1 Å². The highest BCUT2D eigenvalue weighted by Crippen LogP contribution is 2.28. The third kappa shape index (κ3) is 3.74. The SMILES string of the molecule is CCCc1cc(C(=O)N2CCCC(c3nc(-c4cccnc4)no3)C2)n[nH]1. The van der Waals surface area contributed by atoms with E-state index in [1.807, 2.05) is 23.1 Å². The van der Waals surface area contributed by atoms with Crippen molar-refractivity contribution in [2.24, 2.45) is 0 Å². The molecule has 4 rings (SSSR count). The fraction of sp³-hybridized carbons (Fsp3) is 0.421. The monoisotopic (exact) mass is 366 g/mol. The molecule has 1 saturated heterocycles. The van der Waals surface area contributed by atoms with Gasteiger partial charge in [0.05, 0.1) is 5.92 Å². The highest BCUT2D eigenvalue weighted by atomic mass is 16.5. The molecule has 1 unspecified atom stereocenters. The van der Waals surface area contributed by atoms with Gasteiger partial charge in [-0.1, -0.05) is 18.5 Å². The number of carbonyl (C=O) groups excluding carboxylic acids is 1. The average molecular weight is 366 g/mol. The lowest BCUT2D eigenvalue weighted by Crippen LogP contribution is -2.39. The maximum absolute atomic E-state index is 12.8. The molecule has 1 aliphatic rings. The van der Waals surface area contributed by atoms with Gasteiger partial charge in [0.15, 0.2) is 0 Å². The summed E-state index contributed by atoms with van der Waals surface area (Å²) in [6.45, 7) is 3.38. The third-order valence-corrected chi connectivity index (χ3v) is 4.79. The van der Waals surface area contributed by atoms with Crippen LogP contribution in [0.4, 0.5) is 0 Å². The molecule has 3 aromatic heterocycles. The summed E-state index contributed by atoms with van der Waals surface area (Å²) in [4.78, 5) is 23.2. The smallest absolute Gasteiger partial charge is 0.274 e. The second kappa shape index (κ2) is 7.69. The van der Waals surface area contributed by atoms with E-state index < -0.39 is 0 Å². The number of H-pyrrole nitrogens is 1.